The lowest BCUT2D eigenvalue weighted by Gasteiger charge is -2.12. The number of carbonyl (C=O) groups is 1. The number of esters is 1. The van der Waals surface area contributed by atoms with Gasteiger partial charge in [0.05, 0.1) is 6.42 Å². The van der Waals surface area contributed by atoms with Gasteiger partial charge in [-0.3, -0.25) is 4.79 Å². The Labute approximate surface area is 146 Å². The van der Waals surface area contributed by atoms with E-state index in [9.17, 15) is 18.0 Å². The van der Waals surface area contributed by atoms with Crippen molar-refractivity contribution in [3.63, 3.8) is 0 Å². The maximum absolute atomic E-state index is 14.1. The molecule has 5 nitrogen and oxygen atoms in total. The van der Waals surface area contributed by atoms with Gasteiger partial charge in [0.25, 0.3) is 0 Å². The third kappa shape index (κ3) is 3.76. The maximum Gasteiger partial charge on any atom is 0.309 e. The maximum atomic E-state index is 14.1. The molecule has 0 aliphatic carbocycles. The van der Waals surface area contributed by atoms with Crippen LogP contribution in [0.5, 0.6) is 11.5 Å². The number of aryl methyl sites for hydroxylation is 1. The van der Waals surface area contributed by atoms with Gasteiger partial charge in [0.1, 0.15) is 35.6 Å². The van der Waals surface area contributed by atoms with Gasteiger partial charge >= 0.3 is 5.97 Å². The molecular formula is C18H11F3N2O3. The minimum absolute atomic E-state index is 0.0648. The van der Waals surface area contributed by atoms with E-state index in [4.69, 9.17) is 15.3 Å². The van der Waals surface area contributed by atoms with Crippen LogP contribution in [0.1, 0.15) is 23.1 Å². The summed E-state index contributed by atoms with van der Waals surface area (Å²) >= 11 is 0. The van der Waals surface area contributed by atoms with E-state index in [0.717, 1.165) is 0 Å². The molecule has 0 spiro atoms. The van der Waals surface area contributed by atoms with Crippen molar-refractivity contribution in [1.29, 1.82) is 10.5 Å². The predicted molar refractivity (Wildman–Crippen MR) is 82.6 cm³/mol. The molecule has 1 aliphatic rings. The Bertz CT molecular complexity index is 940. The Kier molecular flexibility index (Phi) is 5.82. The third-order valence-electron chi connectivity index (χ3n) is 3.38. The van der Waals surface area contributed by atoms with Crippen LogP contribution in [-0.4, -0.2) is 12.6 Å². The van der Waals surface area contributed by atoms with E-state index >= 15 is 0 Å². The topological polar surface area (TPSA) is 83.1 Å². The molecule has 0 radical (unpaired) electrons. The van der Waals surface area contributed by atoms with E-state index in [0.29, 0.717) is 18.6 Å². The van der Waals surface area contributed by atoms with E-state index in [1.807, 2.05) is 0 Å². The van der Waals surface area contributed by atoms with Gasteiger partial charge in [0, 0.05) is 0 Å². The summed E-state index contributed by atoms with van der Waals surface area (Å²) in [5.74, 6) is -5.66. The first-order valence-corrected chi connectivity index (χ1v) is 7.30. The molecule has 0 unspecified atom stereocenters. The van der Waals surface area contributed by atoms with Crippen molar-refractivity contribution >= 4 is 5.97 Å². The van der Waals surface area contributed by atoms with E-state index < -0.39 is 34.3 Å². The summed E-state index contributed by atoms with van der Waals surface area (Å²) in [6, 6.07) is 8.94. The molecule has 3 rings (SSSR count). The first-order chi connectivity index (χ1) is 12.4. The Morgan fingerprint density at radius 1 is 1.04 bits per heavy atom. The minimum atomic E-state index is -1.65. The van der Waals surface area contributed by atoms with E-state index in [2.05, 4.69) is 4.74 Å². The van der Waals surface area contributed by atoms with E-state index in [1.165, 1.54) is 18.2 Å². The fourth-order valence-corrected chi connectivity index (χ4v) is 1.90. The lowest BCUT2D eigenvalue weighted by molar-refractivity contribution is -0.157. The van der Waals surface area contributed by atoms with Crippen molar-refractivity contribution in [2.45, 2.75) is 13.3 Å². The van der Waals surface area contributed by atoms with Gasteiger partial charge in [-0.25, -0.2) is 8.78 Å². The number of carbonyl (C=O) groups excluding carboxylic acids is 1. The number of rotatable bonds is 2. The van der Waals surface area contributed by atoms with Gasteiger partial charge in [-0.1, -0.05) is 18.2 Å². The third-order valence-corrected chi connectivity index (χ3v) is 3.38. The zero-order chi connectivity index (χ0) is 19.3. The van der Waals surface area contributed by atoms with Crippen molar-refractivity contribution in [3.05, 3.63) is 58.4 Å². The highest BCUT2D eigenvalue weighted by Crippen LogP contribution is 2.34. The normalized spacial score (nSPS) is 11.8. The van der Waals surface area contributed by atoms with Crippen LogP contribution in [0.3, 0.4) is 0 Å². The SMILES string of the molecule is Cc1ccccc1Oc1c(F)c(F)c(C#N)c(C#N)c1F.O=C1CCO1. The number of halogens is 3. The Morgan fingerprint density at radius 2 is 1.58 bits per heavy atom. The Balaban J connectivity index is 0.000000417. The molecule has 0 aromatic heterocycles. The number of cyclic esters (lactones) is 1. The number of nitriles is 2. The number of ether oxygens (including phenoxy) is 2. The van der Waals surface area contributed by atoms with E-state index in [1.54, 1.807) is 25.1 Å². The summed E-state index contributed by atoms with van der Waals surface area (Å²) in [6.07, 6.45) is 0.625. The fraction of sp³-hybridized carbons (Fsp3) is 0.167. The summed E-state index contributed by atoms with van der Waals surface area (Å²) in [5.41, 5.74) is -1.30. The van der Waals surface area contributed by atoms with Gasteiger partial charge in [-0.05, 0) is 18.6 Å². The number of nitrogens with zero attached hydrogens (tertiary/aromatic N) is 2. The van der Waals surface area contributed by atoms with Crippen LogP contribution in [-0.2, 0) is 9.53 Å². The van der Waals surface area contributed by atoms with E-state index in [-0.39, 0.29) is 11.7 Å². The largest absolute Gasteiger partial charge is 0.465 e. The fourth-order valence-electron chi connectivity index (χ4n) is 1.90. The predicted octanol–water partition coefficient (Wildman–Crippen LogP) is 3.88. The summed E-state index contributed by atoms with van der Waals surface area (Å²) < 4.78 is 50.9. The standard InChI is InChI=1S/C15H7F3N2O.C3H4O2/c1-8-4-2-3-5-11(8)21-15-13(17)10(7-20)9(6-19)12(16)14(15)18;4-3-1-2-5-3/h2-5H,1H3;1-2H2. The molecule has 1 saturated heterocycles. The number of benzene rings is 2. The van der Waals surface area contributed by atoms with Crippen LogP contribution >= 0.6 is 0 Å². The molecule has 8 heteroatoms. The lowest BCUT2D eigenvalue weighted by Crippen LogP contribution is -2.18. The quantitative estimate of drug-likeness (QED) is 0.599. The van der Waals surface area contributed by atoms with Gasteiger partial charge in [0.2, 0.25) is 11.6 Å². The second-order valence-electron chi connectivity index (χ2n) is 5.08. The zero-order valence-electron chi connectivity index (χ0n) is 13.5. The van der Waals surface area contributed by atoms with Crippen LogP contribution < -0.4 is 4.74 Å². The number of hydrogen-bond donors (Lipinski definition) is 0. The molecule has 0 bridgehead atoms. The second-order valence-corrected chi connectivity index (χ2v) is 5.08. The lowest BCUT2D eigenvalue weighted by atomic mass is 10.1. The smallest absolute Gasteiger partial charge is 0.309 e. The molecule has 1 aliphatic heterocycles. The molecule has 2 aromatic rings. The van der Waals surface area contributed by atoms with Gasteiger partial charge in [-0.15, -0.1) is 0 Å². The molecular weight excluding hydrogens is 349 g/mol. The molecule has 1 fully saturated rings. The van der Waals surface area contributed by atoms with Crippen molar-refractivity contribution < 1.29 is 27.4 Å². The van der Waals surface area contributed by atoms with Crippen molar-refractivity contribution in [2.75, 3.05) is 6.61 Å². The summed E-state index contributed by atoms with van der Waals surface area (Å²) in [5, 5.41) is 17.5. The molecule has 132 valence electrons. The Morgan fingerprint density at radius 3 is 2.04 bits per heavy atom. The number of para-hydroxylation sites is 1. The van der Waals surface area contributed by atoms with Crippen molar-refractivity contribution in [2.24, 2.45) is 0 Å². The van der Waals surface area contributed by atoms with Gasteiger partial charge in [-0.2, -0.15) is 14.9 Å². The molecule has 0 N–H and O–H groups in total. The van der Waals surface area contributed by atoms with Crippen molar-refractivity contribution in [1.82, 2.24) is 0 Å². The molecule has 0 saturated carbocycles. The average molecular weight is 360 g/mol. The first kappa shape index (κ1) is 18.8. The first-order valence-electron chi connectivity index (χ1n) is 7.30. The van der Waals surface area contributed by atoms with Crippen LogP contribution in [0.2, 0.25) is 0 Å². The highest BCUT2D eigenvalue weighted by Gasteiger charge is 2.27. The zero-order valence-corrected chi connectivity index (χ0v) is 13.5. The second kappa shape index (κ2) is 8.04. The van der Waals surface area contributed by atoms with Crippen LogP contribution in [0, 0.1) is 47.0 Å². The molecule has 0 atom stereocenters. The summed E-state index contributed by atoms with van der Waals surface area (Å²) in [4.78, 5) is 9.68. The van der Waals surface area contributed by atoms with Gasteiger partial charge in [0.15, 0.2) is 11.6 Å². The number of hydrogen-bond acceptors (Lipinski definition) is 5. The molecule has 1 heterocycles. The van der Waals surface area contributed by atoms with Gasteiger partial charge < -0.3 is 9.47 Å². The Hall–Kier alpha value is -3.52. The monoisotopic (exact) mass is 360 g/mol. The highest BCUT2D eigenvalue weighted by molar-refractivity contribution is 5.73. The van der Waals surface area contributed by atoms with Crippen LogP contribution in [0.25, 0.3) is 0 Å². The molecule has 0 amide bonds. The van der Waals surface area contributed by atoms with Crippen LogP contribution in [0.4, 0.5) is 13.2 Å². The summed E-state index contributed by atoms with van der Waals surface area (Å²) in [6.45, 7) is 2.27. The highest BCUT2D eigenvalue weighted by atomic mass is 19.2. The van der Waals surface area contributed by atoms with Crippen molar-refractivity contribution in [3.8, 4) is 23.6 Å². The minimum Gasteiger partial charge on any atom is -0.465 e. The summed E-state index contributed by atoms with van der Waals surface area (Å²) in [7, 11) is 0. The molecule has 26 heavy (non-hydrogen) atoms. The van der Waals surface area contributed by atoms with Crippen LogP contribution in [0.15, 0.2) is 24.3 Å². The molecule has 2 aromatic carbocycles. The average Bonchev–Trinajstić information content (AvgIpc) is 2.61.